The van der Waals surface area contributed by atoms with E-state index in [0.29, 0.717) is 12.0 Å². The first-order valence-electron chi connectivity index (χ1n) is 4.03. The highest BCUT2D eigenvalue weighted by Gasteiger charge is 1.99. The Morgan fingerprint density at radius 3 is 2.75 bits per heavy atom. The van der Waals surface area contributed by atoms with Crippen LogP contribution in [0.2, 0.25) is 0 Å². The third-order valence-electron chi connectivity index (χ3n) is 1.95. The van der Waals surface area contributed by atoms with E-state index in [1.54, 1.807) is 6.07 Å². The fourth-order valence-electron chi connectivity index (χ4n) is 1.20. The summed E-state index contributed by atoms with van der Waals surface area (Å²) in [5.74, 6) is 0. The molecule has 1 aromatic carbocycles. The number of halogens is 1. The number of aliphatic hydroxyl groups excluding tert-OH is 1. The average Bonchev–Trinajstić information content (AvgIpc) is 2.09. The van der Waals surface area contributed by atoms with E-state index < -0.39 is 6.67 Å². The van der Waals surface area contributed by atoms with Crippen LogP contribution in [0.15, 0.2) is 18.2 Å². The molecule has 1 nitrogen and oxygen atoms in total. The van der Waals surface area contributed by atoms with Gasteiger partial charge in [0.2, 0.25) is 0 Å². The summed E-state index contributed by atoms with van der Waals surface area (Å²) in [5.41, 5.74) is 2.83. The Hall–Kier alpha value is -0.890. The molecule has 1 N–H and O–H groups in total. The lowest BCUT2D eigenvalue weighted by Gasteiger charge is -2.04. The van der Waals surface area contributed by atoms with Crippen LogP contribution in [0.5, 0.6) is 0 Å². The van der Waals surface area contributed by atoms with Crippen molar-refractivity contribution in [3.8, 4) is 0 Å². The SMILES string of the molecule is Cc1ccc(CF)cc1CCO. The summed E-state index contributed by atoms with van der Waals surface area (Å²) in [7, 11) is 0. The quantitative estimate of drug-likeness (QED) is 0.731. The van der Waals surface area contributed by atoms with Crippen LogP contribution in [0.3, 0.4) is 0 Å². The summed E-state index contributed by atoms with van der Waals surface area (Å²) >= 11 is 0. The number of rotatable bonds is 3. The summed E-state index contributed by atoms with van der Waals surface area (Å²) in [6.45, 7) is 1.66. The van der Waals surface area contributed by atoms with Crippen molar-refractivity contribution in [1.29, 1.82) is 0 Å². The third kappa shape index (κ3) is 2.05. The van der Waals surface area contributed by atoms with E-state index in [1.807, 2.05) is 19.1 Å². The lowest BCUT2D eigenvalue weighted by molar-refractivity contribution is 0.299. The largest absolute Gasteiger partial charge is 0.396 e. The van der Waals surface area contributed by atoms with E-state index in [-0.39, 0.29) is 6.61 Å². The van der Waals surface area contributed by atoms with Gasteiger partial charge in [-0.25, -0.2) is 4.39 Å². The van der Waals surface area contributed by atoms with Crippen LogP contribution >= 0.6 is 0 Å². The van der Waals surface area contributed by atoms with Gasteiger partial charge in [-0.1, -0.05) is 18.2 Å². The second kappa shape index (κ2) is 4.21. The smallest absolute Gasteiger partial charge is 0.115 e. The molecule has 0 amide bonds. The van der Waals surface area contributed by atoms with Gasteiger partial charge in [0.25, 0.3) is 0 Å². The second-order valence-corrected chi connectivity index (χ2v) is 2.87. The van der Waals surface area contributed by atoms with Crippen LogP contribution in [0, 0.1) is 6.92 Å². The number of alkyl halides is 1. The molecular formula is C10H13FO. The van der Waals surface area contributed by atoms with Gasteiger partial charge in [0.15, 0.2) is 0 Å². The molecule has 0 spiro atoms. The highest BCUT2D eigenvalue weighted by molar-refractivity contribution is 5.30. The maximum Gasteiger partial charge on any atom is 0.115 e. The molecule has 0 unspecified atom stereocenters. The summed E-state index contributed by atoms with van der Waals surface area (Å²) in [6, 6.07) is 5.47. The minimum atomic E-state index is -0.432. The van der Waals surface area contributed by atoms with Crippen molar-refractivity contribution in [1.82, 2.24) is 0 Å². The standard InChI is InChI=1S/C10H13FO/c1-8-2-3-9(7-11)6-10(8)4-5-12/h2-3,6,12H,4-5,7H2,1H3. The van der Waals surface area contributed by atoms with Gasteiger partial charge < -0.3 is 5.11 Å². The van der Waals surface area contributed by atoms with E-state index in [0.717, 1.165) is 11.1 Å². The van der Waals surface area contributed by atoms with Gasteiger partial charge in [-0.3, -0.25) is 0 Å². The molecule has 0 saturated heterocycles. The van der Waals surface area contributed by atoms with E-state index >= 15 is 0 Å². The normalized spacial score (nSPS) is 10.2. The first kappa shape index (κ1) is 9.20. The zero-order valence-corrected chi connectivity index (χ0v) is 7.18. The van der Waals surface area contributed by atoms with Gasteiger partial charge in [0.05, 0.1) is 0 Å². The zero-order valence-electron chi connectivity index (χ0n) is 7.18. The van der Waals surface area contributed by atoms with E-state index in [9.17, 15) is 4.39 Å². The van der Waals surface area contributed by atoms with Crippen LogP contribution in [-0.2, 0) is 13.1 Å². The second-order valence-electron chi connectivity index (χ2n) is 2.87. The minimum Gasteiger partial charge on any atom is -0.396 e. The molecule has 66 valence electrons. The Bertz CT molecular complexity index is 258. The van der Waals surface area contributed by atoms with Crippen molar-refractivity contribution >= 4 is 0 Å². The first-order valence-corrected chi connectivity index (χ1v) is 4.03. The Labute approximate surface area is 71.9 Å². The number of aryl methyl sites for hydroxylation is 1. The molecule has 0 fully saturated rings. The first-order chi connectivity index (χ1) is 5.77. The lowest BCUT2D eigenvalue weighted by Crippen LogP contribution is -1.95. The highest BCUT2D eigenvalue weighted by atomic mass is 19.1. The Morgan fingerprint density at radius 1 is 1.42 bits per heavy atom. The van der Waals surface area contributed by atoms with Crippen LogP contribution in [-0.4, -0.2) is 11.7 Å². The number of hydrogen-bond donors (Lipinski definition) is 1. The van der Waals surface area contributed by atoms with Gasteiger partial charge >= 0.3 is 0 Å². The van der Waals surface area contributed by atoms with E-state index in [1.165, 1.54) is 0 Å². The topological polar surface area (TPSA) is 20.2 Å². The summed E-state index contributed by atoms with van der Waals surface area (Å²) < 4.78 is 12.2. The molecule has 2 heteroatoms. The molecule has 1 aromatic rings. The van der Waals surface area contributed by atoms with Crippen molar-refractivity contribution in [3.05, 3.63) is 34.9 Å². The molecule has 0 aliphatic carbocycles. The Balaban J connectivity index is 2.91. The molecule has 0 aliphatic heterocycles. The van der Waals surface area contributed by atoms with Gasteiger partial charge in [-0.2, -0.15) is 0 Å². The van der Waals surface area contributed by atoms with Gasteiger partial charge in [0, 0.05) is 6.61 Å². The summed E-state index contributed by atoms with van der Waals surface area (Å²) in [5, 5.41) is 8.71. The Morgan fingerprint density at radius 2 is 2.17 bits per heavy atom. The van der Waals surface area contributed by atoms with Crippen LogP contribution in [0.4, 0.5) is 4.39 Å². The van der Waals surface area contributed by atoms with Crippen molar-refractivity contribution < 1.29 is 9.50 Å². The monoisotopic (exact) mass is 168 g/mol. The molecule has 0 aromatic heterocycles. The molecule has 12 heavy (non-hydrogen) atoms. The number of hydrogen-bond acceptors (Lipinski definition) is 1. The average molecular weight is 168 g/mol. The third-order valence-corrected chi connectivity index (χ3v) is 1.95. The molecular weight excluding hydrogens is 155 g/mol. The molecule has 0 aliphatic rings. The van der Waals surface area contributed by atoms with Crippen LogP contribution < -0.4 is 0 Å². The molecule has 0 radical (unpaired) electrons. The zero-order chi connectivity index (χ0) is 8.97. The van der Waals surface area contributed by atoms with Crippen molar-refractivity contribution in [3.63, 3.8) is 0 Å². The lowest BCUT2D eigenvalue weighted by atomic mass is 10.0. The van der Waals surface area contributed by atoms with Crippen molar-refractivity contribution in [2.24, 2.45) is 0 Å². The number of benzene rings is 1. The van der Waals surface area contributed by atoms with E-state index in [4.69, 9.17) is 5.11 Å². The maximum atomic E-state index is 12.2. The number of aliphatic hydroxyl groups is 1. The van der Waals surface area contributed by atoms with Gasteiger partial charge in [-0.05, 0) is 30.0 Å². The van der Waals surface area contributed by atoms with Crippen molar-refractivity contribution in [2.45, 2.75) is 20.0 Å². The van der Waals surface area contributed by atoms with Gasteiger partial charge in [0.1, 0.15) is 6.67 Å². The maximum absolute atomic E-state index is 12.2. The fourth-order valence-corrected chi connectivity index (χ4v) is 1.20. The molecule has 1 rings (SSSR count). The molecule has 0 heterocycles. The predicted octanol–water partition coefficient (Wildman–Crippen LogP) is 2.00. The van der Waals surface area contributed by atoms with Crippen molar-refractivity contribution in [2.75, 3.05) is 6.61 Å². The molecule has 0 bridgehead atoms. The van der Waals surface area contributed by atoms with Crippen LogP contribution in [0.25, 0.3) is 0 Å². The summed E-state index contributed by atoms with van der Waals surface area (Å²) in [4.78, 5) is 0. The predicted molar refractivity (Wildman–Crippen MR) is 46.8 cm³/mol. The molecule has 0 atom stereocenters. The summed E-state index contributed by atoms with van der Waals surface area (Å²) in [6.07, 6.45) is 0.611. The highest BCUT2D eigenvalue weighted by Crippen LogP contribution is 2.12. The van der Waals surface area contributed by atoms with E-state index in [2.05, 4.69) is 0 Å². The van der Waals surface area contributed by atoms with Crippen LogP contribution in [0.1, 0.15) is 16.7 Å². The Kier molecular flexibility index (Phi) is 3.23. The van der Waals surface area contributed by atoms with Gasteiger partial charge in [-0.15, -0.1) is 0 Å². The molecule has 0 saturated carbocycles. The minimum absolute atomic E-state index is 0.122. The fraction of sp³-hybridized carbons (Fsp3) is 0.400.